The number of amides is 3. The van der Waals surface area contributed by atoms with Gasteiger partial charge in [-0.25, -0.2) is 9.00 Å². The molecule has 53 heavy (non-hydrogen) atoms. The number of halogens is 1. The average molecular weight is 762 g/mol. The highest BCUT2D eigenvalue weighted by molar-refractivity contribution is 7.92. The molecule has 1 aliphatic carbocycles. The molecule has 1 aromatic heterocycles. The number of fused-ring (bicyclic) bond motifs is 3. The highest BCUT2D eigenvalue weighted by Crippen LogP contribution is 2.42. The summed E-state index contributed by atoms with van der Waals surface area (Å²) in [7, 11) is -1.78. The lowest BCUT2D eigenvalue weighted by Gasteiger charge is -2.43. The van der Waals surface area contributed by atoms with Crippen molar-refractivity contribution < 1.29 is 28.0 Å². The summed E-state index contributed by atoms with van der Waals surface area (Å²) in [5.41, 5.74) is 3.44. The van der Waals surface area contributed by atoms with Gasteiger partial charge in [0.15, 0.2) is 0 Å². The van der Waals surface area contributed by atoms with Crippen LogP contribution in [0.1, 0.15) is 60.5 Å². The van der Waals surface area contributed by atoms with E-state index in [0.717, 1.165) is 44.3 Å². The molecule has 1 saturated carbocycles. The second-order valence-electron chi connectivity index (χ2n) is 14.7. The Morgan fingerprint density at radius 2 is 1.87 bits per heavy atom. The predicted molar refractivity (Wildman–Crippen MR) is 206 cm³/mol. The normalized spacial score (nSPS) is 27.3. The minimum absolute atomic E-state index is 0.00280. The number of aryl methyl sites for hydroxylation is 1. The van der Waals surface area contributed by atoms with Crippen molar-refractivity contribution in [2.45, 2.75) is 64.2 Å². The minimum atomic E-state index is -3.53. The second kappa shape index (κ2) is 16.5. The van der Waals surface area contributed by atoms with Gasteiger partial charge in [0.2, 0.25) is 0 Å². The molecule has 11 nitrogen and oxygen atoms in total. The summed E-state index contributed by atoms with van der Waals surface area (Å²) in [5.74, 6) is 1.22. The number of aromatic nitrogens is 1. The van der Waals surface area contributed by atoms with E-state index in [1.807, 2.05) is 25.1 Å². The van der Waals surface area contributed by atoms with Crippen molar-refractivity contribution in [3.63, 3.8) is 0 Å². The van der Waals surface area contributed by atoms with Crippen LogP contribution >= 0.6 is 11.6 Å². The Bertz CT molecular complexity index is 1950. The van der Waals surface area contributed by atoms with E-state index in [1.54, 1.807) is 37.7 Å². The number of methoxy groups -OCH3 is 1. The van der Waals surface area contributed by atoms with Crippen molar-refractivity contribution in [1.29, 1.82) is 0 Å². The topological polar surface area (TPSA) is 123 Å². The third-order valence-corrected chi connectivity index (χ3v) is 12.9. The monoisotopic (exact) mass is 761 g/mol. The fourth-order valence-electron chi connectivity index (χ4n) is 7.66. The zero-order valence-corrected chi connectivity index (χ0v) is 31.9. The smallest absolute Gasteiger partial charge is 0.330 e. The standard InChI is InChI=1S/C40H48ClN5O6S/c1-27-6-5-8-37(50-2)35-13-10-31(35)23-45-22-30-9-12-32(41)20-28(30)7-3-4-19-51-38-14-11-29(21-36(38)45)39(47)43-53(49,26-27)44-40(48)46-24-34(25-46)52-33-15-17-42-18-16-33/h5,8-9,11-12,14-18,20-21,27,31,34-35,37H,3-4,6-7,10,13,19,22-26H2,1-2H3,(H,43,44,47,48,49)/b8-5+/t27-,31-,35+,37-,53?/m0/s1. The molecule has 0 radical (unpaired) electrons. The summed E-state index contributed by atoms with van der Waals surface area (Å²) >= 11 is 6.47. The minimum Gasteiger partial charge on any atom is -0.491 e. The molecule has 1 unspecified atom stereocenters. The molecular weight excluding hydrogens is 714 g/mol. The first-order valence-corrected chi connectivity index (χ1v) is 20.6. The molecule has 7 rings (SSSR count). The molecule has 5 atom stereocenters. The number of ether oxygens (including phenoxy) is 3. The molecule has 3 aromatic rings. The zero-order chi connectivity index (χ0) is 37.0. The van der Waals surface area contributed by atoms with Crippen molar-refractivity contribution in [2.24, 2.45) is 22.1 Å². The summed E-state index contributed by atoms with van der Waals surface area (Å²) in [6.07, 6.45) is 12.6. The number of urea groups is 1. The lowest BCUT2D eigenvalue weighted by Crippen LogP contribution is -2.59. The van der Waals surface area contributed by atoms with E-state index in [2.05, 4.69) is 43.3 Å². The van der Waals surface area contributed by atoms with Gasteiger partial charge < -0.3 is 24.0 Å². The molecule has 13 heteroatoms. The first kappa shape index (κ1) is 37.2. The van der Waals surface area contributed by atoms with E-state index < -0.39 is 21.9 Å². The summed E-state index contributed by atoms with van der Waals surface area (Å²) in [6.45, 7) is 4.44. The lowest BCUT2D eigenvalue weighted by molar-refractivity contribution is 0.0133. The Morgan fingerprint density at radius 3 is 2.64 bits per heavy atom. The molecule has 4 aliphatic rings. The molecule has 3 amide bonds. The lowest BCUT2D eigenvalue weighted by atomic mass is 9.70. The Morgan fingerprint density at radius 1 is 1.04 bits per heavy atom. The van der Waals surface area contributed by atoms with Crippen LogP contribution in [0.4, 0.5) is 10.5 Å². The Labute approximate surface area is 317 Å². The van der Waals surface area contributed by atoms with Crippen molar-refractivity contribution in [2.75, 3.05) is 44.0 Å². The summed E-state index contributed by atoms with van der Waals surface area (Å²) < 4.78 is 39.9. The Balaban J connectivity index is 1.22. The Kier molecular flexibility index (Phi) is 11.6. The predicted octanol–water partition coefficient (Wildman–Crippen LogP) is 7.09. The molecule has 2 fully saturated rings. The number of anilines is 1. The highest BCUT2D eigenvalue weighted by atomic mass is 35.5. The summed E-state index contributed by atoms with van der Waals surface area (Å²) in [6, 6.07) is 14.4. The number of carbonyl (C=O) groups is 2. The number of hydrogen-bond acceptors (Lipinski definition) is 8. The molecule has 1 saturated heterocycles. The zero-order valence-electron chi connectivity index (χ0n) is 30.3. The fraction of sp³-hybridized carbons (Fsp3) is 0.475. The van der Waals surface area contributed by atoms with E-state index in [9.17, 15) is 13.8 Å². The van der Waals surface area contributed by atoms with E-state index in [0.29, 0.717) is 61.0 Å². The van der Waals surface area contributed by atoms with Gasteiger partial charge in [-0.2, -0.15) is 0 Å². The van der Waals surface area contributed by atoms with Crippen LogP contribution in [0.5, 0.6) is 11.5 Å². The van der Waals surface area contributed by atoms with Crippen LogP contribution in [0.3, 0.4) is 0 Å². The van der Waals surface area contributed by atoms with Crippen molar-refractivity contribution >= 4 is 39.1 Å². The number of carbonyl (C=O) groups excluding carboxylic acids is 2. The number of benzene rings is 2. The number of nitrogens with zero attached hydrogens (tertiary/aromatic N) is 4. The van der Waals surface area contributed by atoms with E-state index in [4.69, 9.17) is 25.8 Å². The van der Waals surface area contributed by atoms with Gasteiger partial charge >= 0.3 is 6.03 Å². The van der Waals surface area contributed by atoms with Crippen LogP contribution in [-0.2, 0) is 27.6 Å². The van der Waals surface area contributed by atoms with Crippen molar-refractivity contribution in [1.82, 2.24) is 14.6 Å². The third-order valence-electron chi connectivity index (χ3n) is 10.7. The molecular formula is C40H48ClN5O6S. The van der Waals surface area contributed by atoms with Crippen molar-refractivity contribution in [3.8, 4) is 11.5 Å². The molecule has 1 N–H and O–H groups in total. The number of likely N-dealkylation sites (tertiary alicyclic amines) is 1. The molecule has 3 aliphatic heterocycles. The fourth-order valence-corrected chi connectivity index (χ4v) is 9.74. The number of pyridine rings is 1. The van der Waals surface area contributed by atoms with Gasteiger partial charge in [0.05, 0.1) is 37.2 Å². The average Bonchev–Trinajstić information content (AvgIpc) is 3.13. The van der Waals surface area contributed by atoms with Gasteiger partial charge in [-0.1, -0.05) is 36.7 Å². The van der Waals surface area contributed by atoms with Gasteiger partial charge in [-0.05, 0) is 110 Å². The molecule has 0 spiro atoms. The summed E-state index contributed by atoms with van der Waals surface area (Å²) in [4.78, 5) is 35.3. The molecule has 2 aromatic carbocycles. The SMILES string of the molecule is CO[C@H]1/C=C/C[C@H](C)CS(=O)(NC(=O)N2CC(Oc3ccncc3)C2)=NC(=O)c2ccc3c(c2)N(Cc2ccc(Cl)cc2CCCCO3)C[C@@H]2CC[C@H]21. The Hall–Kier alpha value is -4.13. The molecule has 282 valence electrons. The van der Waals surface area contributed by atoms with E-state index in [1.165, 1.54) is 16.0 Å². The first-order chi connectivity index (χ1) is 25.7. The van der Waals surface area contributed by atoms with E-state index in [-0.39, 0.29) is 29.4 Å². The number of nitrogens with one attached hydrogen (secondary N) is 1. The van der Waals surface area contributed by atoms with Gasteiger partial charge in [0, 0.05) is 43.2 Å². The highest BCUT2D eigenvalue weighted by Gasteiger charge is 2.38. The van der Waals surface area contributed by atoms with Crippen LogP contribution in [0, 0.1) is 17.8 Å². The number of hydrogen-bond donors (Lipinski definition) is 1. The number of allylic oxidation sites excluding steroid dienone is 1. The van der Waals surface area contributed by atoms with Gasteiger partial charge in [-0.15, -0.1) is 4.36 Å². The van der Waals surface area contributed by atoms with Gasteiger partial charge in [-0.3, -0.25) is 14.5 Å². The molecule has 2 bridgehead atoms. The maximum Gasteiger partial charge on any atom is 0.330 e. The van der Waals surface area contributed by atoms with Crippen LogP contribution in [0.2, 0.25) is 5.02 Å². The number of rotatable bonds is 4. The van der Waals surface area contributed by atoms with Gasteiger partial charge in [0.25, 0.3) is 5.91 Å². The van der Waals surface area contributed by atoms with Gasteiger partial charge in [0.1, 0.15) is 27.5 Å². The molecule has 4 heterocycles. The van der Waals surface area contributed by atoms with Crippen LogP contribution in [-0.4, -0.2) is 77.3 Å². The second-order valence-corrected chi connectivity index (χ2v) is 17.1. The maximum atomic E-state index is 14.6. The quantitative estimate of drug-likeness (QED) is 0.280. The first-order valence-electron chi connectivity index (χ1n) is 18.6. The maximum absolute atomic E-state index is 14.6. The third kappa shape index (κ3) is 8.99. The van der Waals surface area contributed by atoms with Crippen LogP contribution in [0.25, 0.3) is 0 Å². The van der Waals surface area contributed by atoms with E-state index >= 15 is 0 Å². The van der Waals surface area contributed by atoms with Crippen LogP contribution in [0.15, 0.2) is 77.4 Å². The summed E-state index contributed by atoms with van der Waals surface area (Å²) in [5, 5.41) is 0.712. The van der Waals surface area contributed by atoms with Crippen LogP contribution < -0.4 is 19.1 Å². The van der Waals surface area contributed by atoms with Crippen molar-refractivity contribution in [3.05, 3.63) is 94.8 Å². The largest absolute Gasteiger partial charge is 0.491 e.